The number of hydrogen-bond donors (Lipinski definition) is 1. The van der Waals surface area contributed by atoms with Crippen LogP contribution in [0.3, 0.4) is 0 Å². The third-order valence-corrected chi connectivity index (χ3v) is 3.38. The standard InChI is InChI=1S/C15H19N3O3/c1-3-17(10-14(19)20)15(21)12-4-6-13(7-5-12)18-9-8-11(2)16-18/h4-7H,3,8-10H2,1-2H3,(H,19,20). The average Bonchev–Trinajstić information content (AvgIpc) is 2.90. The summed E-state index contributed by atoms with van der Waals surface area (Å²) >= 11 is 0. The SMILES string of the molecule is CCN(CC(=O)O)C(=O)c1ccc(N2CCC(C)=N2)cc1. The van der Waals surface area contributed by atoms with Gasteiger partial charge in [-0.3, -0.25) is 14.6 Å². The summed E-state index contributed by atoms with van der Waals surface area (Å²) in [5.74, 6) is -1.28. The summed E-state index contributed by atoms with van der Waals surface area (Å²) < 4.78 is 0. The lowest BCUT2D eigenvalue weighted by Crippen LogP contribution is -2.35. The van der Waals surface area contributed by atoms with E-state index in [-0.39, 0.29) is 12.5 Å². The molecular weight excluding hydrogens is 270 g/mol. The van der Waals surface area contributed by atoms with Crippen LogP contribution in [0, 0.1) is 0 Å². The molecule has 21 heavy (non-hydrogen) atoms. The topological polar surface area (TPSA) is 73.2 Å². The van der Waals surface area contributed by atoms with E-state index in [1.807, 2.05) is 24.1 Å². The maximum Gasteiger partial charge on any atom is 0.323 e. The minimum absolute atomic E-state index is 0.271. The van der Waals surface area contributed by atoms with Crippen LogP contribution in [0.15, 0.2) is 29.4 Å². The number of hydrazone groups is 1. The Kier molecular flexibility index (Phi) is 4.57. The first-order chi connectivity index (χ1) is 10.0. The van der Waals surface area contributed by atoms with Crippen molar-refractivity contribution in [1.82, 2.24) is 4.90 Å². The van der Waals surface area contributed by atoms with E-state index in [0.717, 1.165) is 24.4 Å². The second-order valence-electron chi connectivity index (χ2n) is 4.97. The van der Waals surface area contributed by atoms with Crippen LogP contribution in [-0.4, -0.2) is 47.2 Å². The van der Waals surface area contributed by atoms with Crippen molar-refractivity contribution in [2.75, 3.05) is 24.6 Å². The molecule has 1 heterocycles. The van der Waals surface area contributed by atoms with Crippen molar-refractivity contribution in [3.8, 4) is 0 Å². The van der Waals surface area contributed by atoms with Crippen molar-refractivity contribution < 1.29 is 14.7 Å². The first-order valence-electron chi connectivity index (χ1n) is 6.94. The van der Waals surface area contributed by atoms with Crippen LogP contribution < -0.4 is 5.01 Å². The van der Waals surface area contributed by atoms with Gasteiger partial charge in [0.2, 0.25) is 0 Å². The number of anilines is 1. The van der Waals surface area contributed by atoms with Crippen molar-refractivity contribution in [1.29, 1.82) is 0 Å². The fourth-order valence-corrected chi connectivity index (χ4v) is 2.21. The summed E-state index contributed by atoms with van der Waals surface area (Å²) in [4.78, 5) is 24.3. The highest BCUT2D eigenvalue weighted by atomic mass is 16.4. The van der Waals surface area contributed by atoms with Gasteiger partial charge in [-0.05, 0) is 38.1 Å². The molecule has 0 bridgehead atoms. The Balaban J connectivity index is 2.11. The highest BCUT2D eigenvalue weighted by molar-refractivity contribution is 5.96. The van der Waals surface area contributed by atoms with Gasteiger partial charge in [-0.2, -0.15) is 5.10 Å². The predicted molar refractivity (Wildman–Crippen MR) is 80.7 cm³/mol. The Hall–Kier alpha value is -2.37. The lowest BCUT2D eigenvalue weighted by atomic mass is 10.1. The van der Waals surface area contributed by atoms with E-state index in [1.54, 1.807) is 19.1 Å². The zero-order chi connectivity index (χ0) is 15.4. The number of aliphatic carboxylic acids is 1. The summed E-state index contributed by atoms with van der Waals surface area (Å²) in [6, 6.07) is 7.10. The number of carbonyl (C=O) groups excluding carboxylic acids is 1. The number of hydrogen-bond acceptors (Lipinski definition) is 4. The Labute approximate surface area is 123 Å². The molecule has 2 rings (SSSR count). The molecule has 0 unspecified atom stereocenters. The molecule has 1 aliphatic heterocycles. The molecule has 1 aromatic rings. The fourth-order valence-electron chi connectivity index (χ4n) is 2.21. The second-order valence-corrected chi connectivity index (χ2v) is 4.97. The van der Waals surface area contributed by atoms with Gasteiger partial charge in [0.25, 0.3) is 5.91 Å². The molecular formula is C15H19N3O3. The minimum atomic E-state index is -1.01. The summed E-state index contributed by atoms with van der Waals surface area (Å²) in [5, 5.41) is 15.1. The third-order valence-electron chi connectivity index (χ3n) is 3.38. The van der Waals surface area contributed by atoms with Crippen LogP contribution in [0.2, 0.25) is 0 Å². The number of amides is 1. The number of carbonyl (C=O) groups is 2. The molecule has 0 radical (unpaired) electrons. The molecule has 1 amide bonds. The summed E-state index contributed by atoms with van der Waals surface area (Å²) in [6.45, 7) is 4.67. The van der Waals surface area contributed by atoms with Crippen molar-refractivity contribution in [2.45, 2.75) is 20.3 Å². The van der Waals surface area contributed by atoms with Crippen molar-refractivity contribution in [2.24, 2.45) is 5.10 Å². The van der Waals surface area contributed by atoms with Crippen LogP contribution in [0.1, 0.15) is 30.6 Å². The van der Waals surface area contributed by atoms with Crippen molar-refractivity contribution in [3.05, 3.63) is 29.8 Å². The normalized spacial score (nSPS) is 14.0. The monoisotopic (exact) mass is 289 g/mol. The first kappa shape index (κ1) is 15.0. The predicted octanol–water partition coefficient (Wildman–Crippen LogP) is 1.82. The van der Waals surface area contributed by atoms with E-state index in [4.69, 9.17) is 5.11 Å². The van der Waals surface area contributed by atoms with Crippen LogP contribution in [0.4, 0.5) is 5.69 Å². The lowest BCUT2D eigenvalue weighted by molar-refractivity contribution is -0.137. The Bertz CT molecular complexity index is 566. The van der Waals surface area contributed by atoms with Gasteiger partial charge in [0, 0.05) is 30.8 Å². The van der Waals surface area contributed by atoms with Gasteiger partial charge in [0.05, 0.1) is 5.69 Å². The number of carboxylic acids is 1. The van der Waals surface area contributed by atoms with Gasteiger partial charge < -0.3 is 10.0 Å². The zero-order valence-electron chi connectivity index (χ0n) is 12.2. The maximum atomic E-state index is 12.2. The van der Waals surface area contributed by atoms with Gasteiger partial charge >= 0.3 is 5.97 Å². The van der Waals surface area contributed by atoms with E-state index >= 15 is 0 Å². The molecule has 112 valence electrons. The molecule has 0 spiro atoms. The molecule has 0 atom stereocenters. The second kappa shape index (κ2) is 6.39. The van der Waals surface area contributed by atoms with E-state index in [2.05, 4.69) is 5.10 Å². The molecule has 0 fully saturated rings. The summed E-state index contributed by atoms with van der Waals surface area (Å²) in [7, 11) is 0. The van der Waals surface area contributed by atoms with Crippen molar-refractivity contribution in [3.63, 3.8) is 0 Å². The molecule has 0 saturated heterocycles. The van der Waals surface area contributed by atoms with Crippen LogP contribution in [0.5, 0.6) is 0 Å². The molecule has 1 N–H and O–H groups in total. The van der Waals surface area contributed by atoms with E-state index in [9.17, 15) is 9.59 Å². The van der Waals surface area contributed by atoms with E-state index in [0.29, 0.717) is 12.1 Å². The molecule has 1 aliphatic rings. The molecule has 6 heteroatoms. The lowest BCUT2D eigenvalue weighted by Gasteiger charge is -2.19. The number of carboxylic acid groups (broad SMARTS) is 1. The van der Waals surface area contributed by atoms with Gasteiger partial charge in [0.1, 0.15) is 6.54 Å². The van der Waals surface area contributed by atoms with E-state index in [1.165, 1.54) is 4.90 Å². The Morgan fingerprint density at radius 1 is 1.33 bits per heavy atom. The number of nitrogens with zero attached hydrogens (tertiary/aromatic N) is 3. The van der Waals surface area contributed by atoms with Crippen LogP contribution in [0.25, 0.3) is 0 Å². The highest BCUT2D eigenvalue weighted by Gasteiger charge is 2.18. The maximum absolute atomic E-state index is 12.2. The minimum Gasteiger partial charge on any atom is -0.480 e. The van der Waals surface area contributed by atoms with E-state index < -0.39 is 5.97 Å². The third kappa shape index (κ3) is 3.59. The molecule has 0 saturated carbocycles. The van der Waals surface area contributed by atoms with Crippen LogP contribution in [-0.2, 0) is 4.79 Å². The average molecular weight is 289 g/mol. The highest BCUT2D eigenvalue weighted by Crippen LogP contribution is 2.20. The molecule has 0 aliphatic carbocycles. The van der Waals surface area contributed by atoms with Gasteiger partial charge in [0.15, 0.2) is 0 Å². The first-order valence-corrected chi connectivity index (χ1v) is 6.94. The number of benzene rings is 1. The van der Waals surface area contributed by atoms with Gasteiger partial charge in [-0.15, -0.1) is 0 Å². The smallest absolute Gasteiger partial charge is 0.323 e. The molecule has 0 aromatic heterocycles. The Morgan fingerprint density at radius 2 is 2.00 bits per heavy atom. The fraction of sp³-hybridized carbons (Fsp3) is 0.400. The van der Waals surface area contributed by atoms with Crippen LogP contribution >= 0.6 is 0 Å². The Morgan fingerprint density at radius 3 is 2.48 bits per heavy atom. The molecule has 1 aromatic carbocycles. The van der Waals surface area contributed by atoms with Crippen molar-refractivity contribution >= 4 is 23.3 Å². The summed E-state index contributed by atoms with van der Waals surface area (Å²) in [6.07, 6.45) is 0.947. The van der Waals surface area contributed by atoms with Gasteiger partial charge in [-0.25, -0.2) is 0 Å². The van der Waals surface area contributed by atoms with Gasteiger partial charge in [-0.1, -0.05) is 0 Å². The number of likely N-dealkylation sites (N-methyl/N-ethyl adjacent to an activating group) is 1. The quantitative estimate of drug-likeness (QED) is 0.897. The number of rotatable bonds is 5. The zero-order valence-corrected chi connectivity index (χ0v) is 12.2. The molecule has 6 nitrogen and oxygen atoms in total. The summed E-state index contributed by atoms with van der Waals surface area (Å²) in [5.41, 5.74) is 2.51. The largest absolute Gasteiger partial charge is 0.480 e.